The summed E-state index contributed by atoms with van der Waals surface area (Å²) in [5.41, 5.74) is 1.22. The van der Waals surface area contributed by atoms with Crippen LogP contribution in [-0.2, 0) is 0 Å². The van der Waals surface area contributed by atoms with Gasteiger partial charge in [-0.2, -0.15) is 0 Å². The lowest BCUT2D eigenvalue weighted by Crippen LogP contribution is -2.30. The maximum absolute atomic E-state index is 12.6. The van der Waals surface area contributed by atoms with E-state index in [1.807, 2.05) is 30.3 Å². The second-order valence-corrected chi connectivity index (χ2v) is 8.69. The van der Waals surface area contributed by atoms with Crippen molar-refractivity contribution in [3.63, 3.8) is 0 Å². The fourth-order valence-electron chi connectivity index (χ4n) is 4.14. The summed E-state index contributed by atoms with van der Waals surface area (Å²) in [5.74, 6) is 0. The number of hydrogen-bond acceptors (Lipinski definition) is 3. The second-order valence-electron chi connectivity index (χ2n) is 8.69. The molecule has 0 aliphatic rings. The summed E-state index contributed by atoms with van der Waals surface area (Å²) in [6.45, 7) is 6.40. The number of hydrogen-bond donors (Lipinski definition) is 0. The molecule has 2 aromatic rings. The molecule has 0 aliphatic carbocycles. The first kappa shape index (κ1) is 24.5. The maximum atomic E-state index is 12.6. The lowest BCUT2D eigenvalue weighted by Gasteiger charge is -2.24. The largest absolute Gasteiger partial charge is 0.421 e. The first-order valence-corrected chi connectivity index (χ1v) is 12.5. The Morgan fingerprint density at radius 3 is 1.80 bits per heavy atom. The number of fused-ring (bicyclic) bond motifs is 1. The van der Waals surface area contributed by atoms with Crippen LogP contribution in [0, 0.1) is 0 Å². The Bertz CT molecular complexity index is 752. The molecular weight excluding hydrogens is 370 g/mol. The van der Waals surface area contributed by atoms with Gasteiger partial charge in [0.1, 0.15) is 11.3 Å². The second kappa shape index (κ2) is 15.1. The molecule has 2 rings (SSSR count). The highest BCUT2D eigenvalue weighted by Crippen LogP contribution is 2.20. The predicted octanol–water partition coefficient (Wildman–Crippen LogP) is 8.10. The Labute approximate surface area is 183 Å². The van der Waals surface area contributed by atoms with Gasteiger partial charge in [0.15, 0.2) is 0 Å². The number of rotatable bonds is 17. The monoisotopic (exact) mass is 413 g/mol. The molecule has 30 heavy (non-hydrogen) atoms. The molecule has 0 spiro atoms. The van der Waals surface area contributed by atoms with E-state index in [-0.39, 0.29) is 5.63 Å². The van der Waals surface area contributed by atoms with Crippen LogP contribution in [0.5, 0.6) is 0 Å². The van der Waals surface area contributed by atoms with Gasteiger partial charge in [0, 0.05) is 18.5 Å². The minimum Gasteiger partial charge on any atom is -0.421 e. The van der Waals surface area contributed by atoms with Gasteiger partial charge in [0.25, 0.3) is 0 Å². The third-order valence-corrected chi connectivity index (χ3v) is 6.03. The molecule has 1 aromatic carbocycles. The van der Waals surface area contributed by atoms with Crippen LogP contribution in [-0.4, -0.2) is 13.1 Å². The van der Waals surface area contributed by atoms with Gasteiger partial charge in [-0.15, -0.1) is 0 Å². The van der Waals surface area contributed by atoms with Crippen LogP contribution in [0.4, 0.5) is 5.69 Å². The normalized spacial score (nSPS) is 11.3. The van der Waals surface area contributed by atoms with Gasteiger partial charge in [-0.05, 0) is 25.0 Å². The summed E-state index contributed by atoms with van der Waals surface area (Å²) in [4.78, 5) is 14.9. The minimum atomic E-state index is -0.198. The van der Waals surface area contributed by atoms with Crippen molar-refractivity contribution in [1.29, 1.82) is 0 Å². The number of benzene rings is 1. The van der Waals surface area contributed by atoms with Crippen molar-refractivity contribution in [2.75, 3.05) is 18.0 Å². The van der Waals surface area contributed by atoms with Gasteiger partial charge < -0.3 is 9.32 Å². The zero-order valence-electron chi connectivity index (χ0n) is 19.5. The van der Waals surface area contributed by atoms with E-state index in [4.69, 9.17) is 4.42 Å². The summed E-state index contributed by atoms with van der Waals surface area (Å²) in [7, 11) is 0. The third kappa shape index (κ3) is 8.93. The number of unbranched alkanes of at least 4 members (excludes halogenated alkanes) is 12. The lowest BCUT2D eigenvalue weighted by atomic mass is 10.1. The van der Waals surface area contributed by atoms with Crippen molar-refractivity contribution < 1.29 is 4.42 Å². The molecule has 0 bridgehead atoms. The number of para-hydroxylation sites is 1. The summed E-state index contributed by atoms with van der Waals surface area (Å²) in [6.07, 6.45) is 18.2. The number of anilines is 1. The third-order valence-electron chi connectivity index (χ3n) is 6.03. The van der Waals surface area contributed by atoms with E-state index in [1.165, 1.54) is 77.0 Å². The van der Waals surface area contributed by atoms with Crippen LogP contribution in [0.15, 0.2) is 39.5 Å². The van der Waals surface area contributed by atoms with E-state index in [2.05, 4.69) is 18.7 Å². The van der Waals surface area contributed by atoms with E-state index in [9.17, 15) is 4.79 Å². The zero-order valence-corrected chi connectivity index (χ0v) is 19.5. The van der Waals surface area contributed by atoms with E-state index < -0.39 is 0 Å². The molecule has 0 saturated carbocycles. The molecule has 0 N–H and O–H groups in total. The van der Waals surface area contributed by atoms with Crippen molar-refractivity contribution >= 4 is 16.7 Å². The molecule has 0 radical (unpaired) electrons. The van der Waals surface area contributed by atoms with Crippen molar-refractivity contribution in [2.24, 2.45) is 0 Å². The van der Waals surface area contributed by atoms with Gasteiger partial charge in [0.05, 0.1) is 0 Å². The summed E-state index contributed by atoms with van der Waals surface area (Å²) in [6, 6.07) is 9.83. The summed E-state index contributed by atoms with van der Waals surface area (Å²) < 4.78 is 5.60. The lowest BCUT2D eigenvalue weighted by molar-refractivity contribution is 0.539. The first-order chi connectivity index (χ1) is 14.8. The van der Waals surface area contributed by atoms with Gasteiger partial charge in [-0.3, -0.25) is 0 Å². The van der Waals surface area contributed by atoms with Crippen molar-refractivity contribution in [3.8, 4) is 0 Å². The maximum Gasteiger partial charge on any atom is 0.360 e. The van der Waals surface area contributed by atoms with Gasteiger partial charge in [0.2, 0.25) is 0 Å². The quantitative estimate of drug-likeness (QED) is 0.194. The highest BCUT2D eigenvalue weighted by Gasteiger charge is 2.13. The smallest absolute Gasteiger partial charge is 0.360 e. The molecule has 1 heterocycles. The molecule has 0 amide bonds. The van der Waals surface area contributed by atoms with Gasteiger partial charge in [-0.1, -0.05) is 109 Å². The Hall–Kier alpha value is -1.77. The Balaban J connectivity index is 1.83. The molecule has 0 atom stereocenters. The van der Waals surface area contributed by atoms with Crippen molar-refractivity contribution in [1.82, 2.24) is 0 Å². The first-order valence-electron chi connectivity index (χ1n) is 12.5. The van der Waals surface area contributed by atoms with Crippen molar-refractivity contribution in [3.05, 3.63) is 40.8 Å². The zero-order chi connectivity index (χ0) is 21.4. The van der Waals surface area contributed by atoms with Crippen LogP contribution < -0.4 is 10.5 Å². The molecule has 3 nitrogen and oxygen atoms in total. The Morgan fingerprint density at radius 1 is 0.700 bits per heavy atom. The molecular formula is C27H43NO2. The topological polar surface area (TPSA) is 33.5 Å². The highest BCUT2D eigenvalue weighted by molar-refractivity contribution is 5.79. The van der Waals surface area contributed by atoms with Crippen LogP contribution in [0.2, 0.25) is 0 Å². The Morgan fingerprint density at radius 2 is 1.20 bits per heavy atom. The molecule has 3 heteroatoms. The van der Waals surface area contributed by atoms with Gasteiger partial charge in [-0.25, -0.2) is 4.79 Å². The fraction of sp³-hybridized carbons (Fsp3) is 0.667. The molecule has 0 unspecified atom stereocenters. The summed E-state index contributed by atoms with van der Waals surface area (Å²) >= 11 is 0. The standard InChI is InChI=1S/C27H43NO2/c1-3-5-7-9-10-11-12-13-14-18-22-28(21-17-8-6-4-2)25-23-24-19-15-16-20-26(24)30-27(25)29/h15-16,19-20,23H,3-14,17-18,21-22H2,1-2H3. The van der Waals surface area contributed by atoms with Crippen LogP contribution >= 0.6 is 0 Å². The summed E-state index contributed by atoms with van der Waals surface area (Å²) in [5, 5.41) is 1.01. The molecule has 0 aliphatic heterocycles. The minimum absolute atomic E-state index is 0.198. The van der Waals surface area contributed by atoms with E-state index in [0.29, 0.717) is 5.58 Å². The molecule has 168 valence electrons. The van der Waals surface area contributed by atoms with E-state index in [0.717, 1.165) is 37.0 Å². The van der Waals surface area contributed by atoms with E-state index >= 15 is 0 Å². The van der Waals surface area contributed by atoms with E-state index in [1.54, 1.807) is 0 Å². The number of nitrogens with zero attached hydrogens (tertiary/aromatic N) is 1. The van der Waals surface area contributed by atoms with Crippen LogP contribution in [0.1, 0.15) is 104 Å². The van der Waals surface area contributed by atoms with Gasteiger partial charge >= 0.3 is 5.63 Å². The average Bonchev–Trinajstić information content (AvgIpc) is 2.76. The highest BCUT2D eigenvalue weighted by atomic mass is 16.4. The molecule has 0 fully saturated rings. The molecule has 0 saturated heterocycles. The van der Waals surface area contributed by atoms with Crippen molar-refractivity contribution in [2.45, 2.75) is 104 Å². The average molecular weight is 414 g/mol. The van der Waals surface area contributed by atoms with Crippen LogP contribution in [0.25, 0.3) is 11.0 Å². The fourth-order valence-corrected chi connectivity index (χ4v) is 4.14. The molecule has 1 aromatic heterocycles. The SMILES string of the molecule is CCCCCCCCCCCCN(CCCCCC)c1cc2ccccc2oc1=O. The predicted molar refractivity (Wildman–Crippen MR) is 131 cm³/mol. The Kier molecular flexibility index (Phi) is 12.3. The van der Waals surface area contributed by atoms with Crippen LogP contribution in [0.3, 0.4) is 0 Å².